The van der Waals surface area contributed by atoms with E-state index < -0.39 is 0 Å². The molecular formula is C25H36ClF. The highest BCUT2D eigenvalue weighted by Gasteiger charge is 2.44. The van der Waals surface area contributed by atoms with Crippen molar-refractivity contribution in [2.24, 2.45) is 35.5 Å². The molecule has 0 amide bonds. The van der Waals surface area contributed by atoms with Crippen LogP contribution in [0.15, 0.2) is 18.2 Å². The van der Waals surface area contributed by atoms with E-state index in [1.807, 2.05) is 6.07 Å². The Balaban J connectivity index is 1.29. The molecule has 6 atom stereocenters. The van der Waals surface area contributed by atoms with Gasteiger partial charge in [0, 0.05) is 0 Å². The molecule has 150 valence electrons. The fraction of sp³-hybridized carbons (Fsp3) is 0.760. The Hall–Kier alpha value is -0.560. The second kappa shape index (κ2) is 8.85. The maximum absolute atomic E-state index is 13.7. The van der Waals surface area contributed by atoms with Crippen LogP contribution in [0, 0.1) is 41.3 Å². The lowest BCUT2D eigenvalue weighted by Crippen LogP contribution is -2.41. The van der Waals surface area contributed by atoms with Crippen molar-refractivity contribution in [2.45, 2.75) is 84.0 Å². The highest BCUT2D eigenvalue weighted by Crippen LogP contribution is 2.54. The van der Waals surface area contributed by atoms with Gasteiger partial charge in [0.1, 0.15) is 5.82 Å². The second-order valence-corrected chi connectivity index (χ2v) is 10.3. The number of halogens is 2. The van der Waals surface area contributed by atoms with E-state index in [4.69, 9.17) is 11.6 Å². The molecule has 0 nitrogen and oxygen atoms in total. The van der Waals surface area contributed by atoms with Crippen LogP contribution in [0.4, 0.5) is 4.39 Å². The molecule has 0 bridgehead atoms. The SMILES string of the molecule is CCCC1CCC2C(CCC3CC(CCc4ccc(Cl)c(F)c4)CCC32)C1. The van der Waals surface area contributed by atoms with Crippen LogP contribution >= 0.6 is 11.6 Å². The van der Waals surface area contributed by atoms with Gasteiger partial charge in [-0.05, 0) is 105 Å². The Kier molecular flexibility index (Phi) is 6.47. The Labute approximate surface area is 170 Å². The van der Waals surface area contributed by atoms with Gasteiger partial charge in [-0.15, -0.1) is 0 Å². The van der Waals surface area contributed by atoms with Gasteiger partial charge >= 0.3 is 0 Å². The van der Waals surface area contributed by atoms with Crippen molar-refractivity contribution in [3.05, 3.63) is 34.6 Å². The molecule has 0 N–H and O–H groups in total. The molecule has 3 aliphatic carbocycles. The lowest BCUT2D eigenvalue weighted by molar-refractivity contribution is -0.00405. The van der Waals surface area contributed by atoms with E-state index in [9.17, 15) is 4.39 Å². The first-order chi connectivity index (χ1) is 13.1. The van der Waals surface area contributed by atoms with E-state index >= 15 is 0 Å². The number of fused-ring (bicyclic) bond motifs is 3. The molecule has 0 aliphatic heterocycles. The van der Waals surface area contributed by atoms with E-state index in [0.29, 0.717) is 0 Å². The van der Waals surface area contributed by atoms with Crippen molar-refractivity contribution in [1.29, 1.82) is 0 Å². The van der Waals surface area contributed by atoms with Crippen LogP contribution in [0.5, 0.6) is 0 Å². The van der Waals surface area contributed by atoms with Crippen molar-refractivity contribution in [3.8, 4) is 0 Å². The number of aryl methyl sites for hydroxylation is 1. The molecule has 4 rings (SSSR count). The molecule has 2 heteroatoms. The molecule has 0 heterocycles. The summed E-state index contributed by atoms with van der Waals surface area (Å²) in [6.07, 6.45) is 16.9. The topological polar surface area (TPSA) is 0 Å². The van der Waals surface area contributed by atoms with E-state index in [1.54, 1.807) is 12.1 Å². The summed E-state index contributed by atoms with van der Waals surface area (Å²) in [5.74, 6) is 5.70. The van der Waals surface area contributed by atoms with E-state index in [-0.39, 0.29) is 10.8 Å². The van der Waals surface area contributed by atoms with Gasteiger partial charge < -0.3 is 0 Å². The molecule has 1 aromatic rings. The minimum absolute atomic E-state index is 0.240. The third kappa shape index (κ3) is 4.55. The molecule has 6 unspecified atom stereocenters. The van der Waals surface area contributed by atoms with Gasteiger partial charge in [0.15, 0.2) is 0 Å². The molecular weight excluding hydrogens is 355 g/mol. The Morgan fingerprint density at radius 2 is 1.52 bits per heavy atom. The Morgan fingerprint density at radius 3 is 2.11 bits per heavy atom. The van der Waals surface area contributed by atoms with Crippen LogP contribution in [0.1, 0.15) is 83.1 Å². The third-order valence-corrected chi connectivity index (χ3v) is 8.59. The lowest BCUT2D eigenvalue weighted by atomic mass is 9.55. The molecule has 0 spiro atoms. The molecule has 3 fully saturated rings. The summed E-state index contributed by atoms with van der Waals surface area (Å²) in [4.78, 5) is 0. The van der Waals surface area contributed by atoms with Gasteiger partial charge in [-0.3, -0.25) is 0 Å². The normalized spacial score (nSPS) is 36.1. The van der Waals surface area contributed by atoms with Crippen LogP contribution in [0.25, 0.3) is 0 Å². The van der Waals surface area contributed by atoms with Gasteiger partial charge in [0.05, 0.1) is 5.02 Å². The van der Waals surface area contributed by atoms with Gasteiger partial charge in [-0.25, -0.2) is 4.39 Å². The van der Waals surface area contributed by atoms with Crippen LogP contribution < -0.4 is 0 Å². The highest BCUT2D eigenvalue weighted by molar-refractivity contribution is 6.30. The summed E-state index contributed by atoms with van der Waals surface area (Å²) in [6, 6.07) is 5.34. The first-order valence-electron chi connectivity index (χ1n) is 11.6. The van der Waals surface area contributed by atoms with E-state index in [1.165, 1.54) is 70.6 Å². The van der Waals surface area contributed by atoms with Crippen LogP contribution in [0.2, 0.25) is 5.02 Å². The summed E-state index contributed by atoms with van der Waals surface area (Å²) in [5, 5.41) is 0.240. The highest BCUT2D eigenvalue weighted by atomic mass is 35.5. The summed E-state index contributed by atoms with van der Waals surface area (Å²) < 4.78 is 13.7. The van der Waals surface area contributed by atoms with Crippen molar-refractivity contribution >= 4 is 11.6 Å². The molecule has 27 heavy (non-hydrogen) atoms. The third-order valence-electron chi connectivity index (χ3n) is 8.28. The first kappa shape index (κ1) is 19.7. The Bertz CT molecular complexity index is 627. The number of benzene rings is 1. The molecule has 0 aromatic heterocycles. The van der Waals surface area contributed by atoms with Gasteiger partial charge in [-0.1, -0.05) is 50.3 Å². The zero-order chi connectivity index (χ0) is 18.8. The quantitative estimate of drug-likeness (QED) is 0.476. The fourth-order valence-corrected chi connectivity index (χ4v) is 7.10. The smallest absolute Gasteiger partial charge is 0.142 e. The van der Waals surface area contributed by atoms with Crippen LogP contribution in [-0.4, -0.2) is 0 Å². The average Bonchev–Trinajstić information content (AvgIpc) is 2.68. The molecule has 3 aliphatic rings. The maximum atomic E-state index is 13.7. The predicted octanol–water partition coefficient (Wildman–Crippen LogP) is 8.07. The summed E-state index contributed by atoms with van der Waals surface area (Å²) >= 11 is 5.81. The Morgan fingerprint density at radius 1 is 0.889 bits per heavy atom. The minimum atomic E-state index is -0.269. The van der Waals surface area contributed by atoms with Crippen molar-refractivity contribution < 1.29 is 4.39 Å². The monoisotopic (exact) mass is 390 g/mol. The van der Waals surface area contributed by atoms with E-state index in [0.717, 1.165) is 47.5 Å². The van der Waals surface area contributed by atoms with Gasteiger partial charge in [-0.2, -0.15) is 0 Å². The van der Waals surface area contributed by atoms with Crippen LogP contribution in [0.3, 0.4) is 0 Å². The summed E-state index contributed by atoms with van der Waals surface area (Å²) in [7, 11) is 0. The lowest BCUT2D eigenvalue weighted by Gasteiger charge is -2.51. The fourth-order valence-electron chi connectivity index (χ4n) is 6.99. The zero-order valence-corrected chi connectivity index (χ0v) is 17.7. The summed E-state index contributed by atoms with van der Waals surface area (Å²) in [5.41, 5.74) is 1.11. The van der Waals surface area contributed by atoms with Gasteiger partial charge in [0.25, 0.3) is 0 Å². The summed E-state index contributed by atoms with van der Waals surface area (Å²) in [6.45, 7) is 2.35. The minimum Gasteiger partial charge on any atom is -0.205 e. The first-order valence-corrected chi connectivity index (χ1v) is 12.0. The number of hydrogen-bond donors (Lipinski definition) is 0. The molecule has 1 aromatic carbocycles. The average molecular weight is 391 g/mol. The van der Waals surface area contributed by atoms with Crippen LogP contribution in [-0.2, 0) is 6.42 Å². The standard InChI is InChI=1S/C25H36ClF/c1-2-3-17-6-11-22-20(14-17)9-10-21-15-18(7-12-23(21)22)4-5-19-8-13-24(26)25(27)16-19/h8,13,16-18,20-23H,2-7,9-12,14-15H2,1H3. The zero-order valence-electron chi connectivity index (χ0n) is 16.9. The second-order valence-electron chi connectivity index (χ2n) is 9.86. The molecule has 3 saturated carbocycles. The van der Waals surface area contributed by atoms with Crippen molar-refractivity contribution in [2.75, 3.05) is 0 Å². The van der Waals surface area contributed by atoms with Gasteiger partial charge in [0.2, 0.25) is 0 Å². The van der Waals surface area contributed by atoms with E-state index in [2.05, 4.69) is 6.92 Å². The number of rotatable bonds is 5. The maximum Gasteiger partial charge on any atom is 0.142 e. The molecule has 0 radical (unpaired) electrons. The number of hydrogen-bond acceptors (Lipinski definition) is 0. The molecule has 0 saturated heterocycles. The van der Waals surface area contributed by atoms with Crippen molar-refractivity contribution in [1.82, 2.24) is 0 Å². The predicted molar refractivity (Wildman–Crippen MR) is 113 cm³/mol. The largest absolute Gasteiger partial charge is 0.205 e. The van der Waals surface area contributed by atoms with Crippen molar-refractivity contribution in [3.63, 3.8) is 0 Å².